The minimum Gasteiger partial charge on any atom is -0.653 e. The van der Waals surface area contributed by atoms with E-state index >= 15 is 0 Å². The molecule has 0 N–H and O–H groups in total. The van der Waals surface area contributed by atoms with E-state index in [9.17, 15) is 0 Å². The van der Waals surface area contributed by atoms with Crippen molar-refractivity contribution in [2.75, 3.05) is 0 Å². The Morgan fingerprint density at radius 3 is 1.33 bits per heavy atom. The molecule has 0 heterocycles. The summed E-state index contributed by atoms with van der Waals surface area (Å²) in [5, 5.41) is 7.51. The summed E-state index contributed by atoms with van der Waals surface area (Å²) in [6, 6.07) is 31.2. The van der Waals surface area contributed by atoms with Gasteiger partial charge in [0.25, 0.3) is 0 Å². The zero-order valence-corrected chi connectivity index (χ0v) is 12.9. The second-order valence-corrected chi connectivity index (χ2v) is 6.27. The van der Waals surface area contributed by atoms with Gasteiger partial charge in [0, 0.05) is 0 Å². The van der Waals surface area contributed by atoms with Crippen LogP contribution in [0.15, 0.2) is 91.0 Å². The molecular formula is C18H15LiNP. The Kier molecular flexibility index (Phi) is 6.09. The molecule has 3 aromatic carbocycles. The summed E-state index contributed by atoms with van der Waals surface area (Å²) in [4.78, 5) is 0. The van der Waals surface area contributed by atoms with Crippen molar-refractivity contribution in [2.45, 2.75) is 0 Å². The van der Waals surface area contributed by atoms with Crippen LogP contribution < -0.4 is 29.5 Å². The van der Waals surface area contributed by atoms with Crippen molar-refractivity contribution in [2.24, 2.45) is 0 Å². The average Bonchev–Trinajstić information content (AvgIpc) is 2.55. The minimum atomic E-state index is -0.702. The fraction of sp³-hybridized carbons (Fsp3) is 0. The van der Waals surface area contributed by atoms with Gasteiger partial charge in [-0.1, -0.05) is 91.0 Å². The van der Waals surface area contributed by atoms with Gasteiger partial charge in [-0.25, -0.2) is 0 Å². The van der Waals surface area contributed by atoms with Crippen LogP contribution in [0.4, 0.5) is 5.69 Å². The number of nitrogens with zero attached hydrogens (tertiary/aromatic N) is 1. The Balaban J connectivity index is 0.00000161. The molecule has 0 aliphatic carbocycles. The van der Waals surface area contributed by atoms with Gasteiger partial charge in [-0.2, -0.15) is 0 Å². The standard InChI is InChI=1S/C18H15NP.Li/c1-4-10-16(11-5-1)19-20(17-12-6-2-7-13-17)18-14-8-3-9-15-18;/h1-15H;/q-1;+1. The smallest absolute Gasteiger partial charge is 0.653 e. The Bertz CT molecular complexity index is 604. The van der Waals surface area contributed by atoms with Gasteiger partial charge in [0.1, 0.15) is 0 Å². The van der Waals surface area contributed by atoms with E-state index in [1.165, 1.54) is 10.6 Å². The molecule has 3 heteroatoms. The maximum atomic E-state index is 4.96. The summed E-state index contributed by atoms with van der Waals surface area (Å²) in [5.74, 6) is 0. The third-order valence-corrected chi connectivity index (χ3v) is 4.98. The molecule has 3 aromatic rings. The predicted molar refractivity (Wildman–Crippen MR) is 88.5 cm³/mol. The van der Waals surface area contributed by atoms with E-state index in [1.807, 2.05) is 30.3 Å². The molecule has 98 valence electrons. The van der Waals surface area contributed by atoms with Gasteiger partial charge in [0.15, 0.2) is 0 Å². The largest absolute Gasteiger partial charge is 1.00 e. The van der Waals surface area contributed by atoms with Crippen molar-refractivity contribution in [1.82, 2.24) is 0 Å². The van der Waals surface area contributed by atoms with Crippen LogP contribution in [0.3, 0.4) is 0 Å². The molecule has 0 aliphatic rings. The van der Waals surface area contributed by atoms with Gasteiger partial charge in [0.05, 0.1) is 0 Å². The zero-order valence-electron chi connectivity index (χ0n) is 12.1. The van der Waals surface area contributed by atoms with Gasteiger partial charge in [0.2, 0.25) is 0 Å². The monoisotopic (exact) mass is 283 g/mol. The molecule has 1 nitrogen and oxygen atoms in total. The topological polar surface area (TPSA) is 14.1 Å². The van der Waals surface area contributed by atoms with Crippen molar-refractivity contribution in [3.63, 3.8) is 0 Å². The molecular weight excluding hydrogens is 268 g/mol. The number of hydrogen-bond acceptors (Lipinski definition) is 0. The first-order valence-corrected chi connectivity index (χ1v) is 7.90. The second-order valence-electron chi connectivity index (χ2n) is 4.42. The third-order valence-electron chi connectivity index (χ3n) is 2.97. The molecule has 0 radical (unpaired) electrons. The Hall–Kier alpha value is -1.51. The summed E-state index contributed by atoms with van der Waals surface area (Å²) >= 11 is 0. The van der Waals surface area contributed by atoms with Crippen LogP contribution in [0.1, 0.15) is 0 Å². The summed E-state index contributed by atoms with van der Waals surface area (Å²) in [6.45, 7) is 0. The van der Waals surface area contributed by atoms with Crippen molar-refractivity contribution in [3.8, 4) is 0 Å². The molecule has 0 aliphatic heterocycles. The van der Waals surface area contributed by atoms with Gasteiger partial charge in [-0.3, -0.25) is 0 Å². The average molecular weight is 283 g/mol. The molecule has 0 saturated heterocycles. The van der Waals surface area contributed by atoms with Crippen LogP contribution in [-0.4, -0.2) is 0 Å². The van der Waals surface area contributed by atoms with Gasteiger partial charge < -0.3 is 5.09 Å². The van der Waals surface area contributed by atoms with Crippen LogP contribution in [-0.2, 0) is 0 Å². The van der Waals surface area contributed by atoms with Gasteiger partial charge >= 0.3 is 18.9 Å². The first-order chi connectivity index (χ1) is 9.93. The number of hydrogen-bond donors (Lipinski definition) is 0. The maximum absolute atomic E-state index is 4.96. The summed E-state index contributed by atoms with van der Waals surface area (Å²) in [5.41, 5.74) is 1.03. The summed E-state index contributed by atoms with van der Waals surface area (Å²) in [6.07, 6.45) is 0. The van der Waals surface area contributed by atoms with Crippen molar-refractivity contribution >= 4 is 24.4 Å². The van der Waals surface area contributed by atoms with E-state index in [1.54, 1.807) is 0 Å². The molecule has 3 rings (SSSR count). The normalized spacial score (nSPS) is 9.95. The van der Waals surface area contributed by atoms with Crippen LogP contribution >= 0.6 is 8.07 Å². The van der Waals surface area contributed by atoms with E-state index in [-0.39, 0.29) is 18.9 Å². The van der Waals surface area contributed by atoms with Crippen molar-refractivity contribution < 1.29 is 18.9 Å². The molecule has 0 spiro atoms. The predicted octanol–water partition coefficient (Wildman–Crippen LogP) is 1.74. The molecule has 0 saturated carbocycles. The van der Waals surface area contributed by atoms with E-state index in [4.69, 9.17) is 5.09 Å². The van der Waals surface area contributed by atoms with E-state index < -0.39 is 8.07 Å². The quantitative estimate of drug-likeness (QED) is 0.511. The van der Waals surface area contributed by atoms with Crippen LogP contribution in [0.5, 0.6) is 0 Å². The van der Waals surface area contributed by atoms with Crippen molar-refractivity contribution in [3.05, 3.63) is 96.1 Å². The first kappa shape index (κ1) is 15.9. The molecule has 0 aromatic heterocycles. The molecule has 21 heavy (non-hydrogen) atoms. The molecule has 0 unspecified atom stereocenters. The van der Waals surface area contributed by atoms with Crippen LogP contribution in [0, 0.1) is 0 Å². The summed E-state index contributed by atoms with van der Waals surface area (Å²) in [7, 11) is -0.702. The summed E-state index contributed by atoms with van der Waals surface area (Å²) < 4.78 is 0. The van der Waals surface area contributed by atoms with E-state index in [0.717, 1.165) is 5.69 Å². The van der Waals surface area contributed by atoms with Crippen molar-refractivity contribution in [1.29, 1.82) is 0 Å². The molecule has 0 bridgehead atoms. The minimum absolute atomic E-state index is 0. The van der Waals surface area contributed by atoms with Crippen LogP contribution in [0.2, 0.25) is 0 Å². The Morgan fingerprint density at radius 1 is 0.524 bits per heavy atom. The van der Waals surface area contributed by atoms with Gasteiger partial charge in [-0.15, -0.1) is 13.8 Å². The molecule has 0 atom stereocenters. The maximum Gasteiger partial charge on any atom is 1.00 e. The fourth-order valence-electron chi connectivity index (χ4n) is 2.01. The first-order valence-electron chi connectivity index (χ1n) is 6.60. The Labute approximate surface area is 139 Å². The third kappa shape index (κ3) is 4.23. The SMILES string of the molecule is [Li+].c1ccc([N-]P(c2ccccc2)c2ccccc2)cc1. The van der Waals surface area contributed by atoms with Gasteiger partial charge in [-0.05, 0) is 10.6 Å². The Morgan fingerprint density at radius 2 is 0.905 bits per heavy atom. The fourth-order valence-corrected chi connectivity index (χ4v) is 3.82. The second kappa shape index (κ2) is 8.06. The number of benzene rings is 3. The number of rotatable bonds is 4. The molecule has 0 amide bonds. The van der Waals surface area contributed by atoms with E-state index in [2.05, 4.69) is 60.7 Å². The molecule has 0 fully saturated rings. The van der Waals surface area contributed by atoms with E-state index in [0.29, 0.717) is 0 Å². The van der Waals surface area contributed by atoms with Crippen LogP contribution in [0.25, 0.3) is 5.09 Å². The zero-order chi connectivity index (χ0) is 13.6.